The minimum absolute atomic E-state index is 0.382. The van der Waals surface area contributed by atoms with Gasteiger partial charge in [0.25, 0.3) is 0 Å². The summed E-state index contributed by atoms with van der Waals surface area (Å²) >= 11 is 0. The highest BCUT2D eigenvalue weighted by molar-refractivity contribution is 6.15. The summed E-state index contributed by atoms with van der Waals surface area (Å²) in [7, 11) is 0. The highest BCUT2D eigenvalue weighted by atomic mass is 16.3. The zero-order valence-corrected chi connectivity index (χ0v) is 27.9. The van der Waals surface area contributed by atoms with Crippen molar-refractivity contribution in [3.8, 4) is 0 Å². The van der Waals surface area contributed by atoms with Gasteiger partial charge < -0.3 is 8.83 Å². The summed E-state index contributed by atoms with van der Waals surface area (Å²) in [6.45, 7) is 4.75. The number of hydrogen-bond acceptors (Lipinski definition) is 2. The number of benzene rings is 5. The van der Waals surface area contributed by atoms with Crippen LogP contribution in [0.25, 0.3) is 60.6 Å². The van der Waals surface area contributed by atoms with Crippen LogP contribution in [0.5, 0.6) is 0 Å². The van der Waals surface area contributed by atoms with Crippen molar-refractivity contribution in [2.24, 2.45) is 11.8 Å². The van der Waals surface area contributed by atoms with Gasteiger partial charge in [-0.05, 0) is 94.0 Å². The van der Waals surface area contributed by atoms with Gasteiger partial charge in [-0.15, -0.1) is 0 Å². The molecule has 0 saturated carbocycles. The SMILES string of the molecule is CC1C(c2ccc3oc4cc5oc6ccc(C7=C/CC/C(c8ccccc8)=C/C=C\7)cc6c5cc4c3c2)=CC=C[C@H](c2ccccc2)C1C. The van der Waals surface area contributed by atoms with Crippen LogP contribution in [-0.2, 0) is 0 Å². The number of rotatable bonds is 4. The molecule has 0 bridgehead atoms. The molecule has 2 aliphatic rings. The van der Waals surface area contributed by atoms with E-state index in [-0.39, 0.29) is 0 Å². The van der Waals surface area contributed by atoms with E-state index in [1.165, 1.54) is 39.0 Å². The van der Waals surface area contributed by atoms with E-state index >= 15 is 0 Å². The first kappa shape index (κ1) is 29.5. The molecule has 7 aromatic rings. The van der Waals surface area contributed by atoms with Gasteiger partial charge in [0.15, 0.2) is 0 Å². The lowest BCUT2D eigenvalue weighted by Crippen LogP contribution is -2.16. The summed E-state index contributed by atoms with van der Waals surface area (Å²) in [6.07, 6.45) is 18.0. The Kier molecular flexibility index (Phi) is 7.31. The molecule has 0 spiro atoms. The number of fused-ring (bicyclic) bond motifs is 6. The minimum atomic E-state index is 0.382. The molecule has 0 aliphatic heterocycles. The summed E-state index contributed by atoms with van der Waals surface area (Å²) in [5.74, 6) is 1.23. The fourth-order valence-electron chi connectivity index (χ4n) is 7.96. The Labute approximate surface area is 287 Å². The monoisotopic (exact) mass is 634 g/mol. The Morgan fingerprint density at radius 2 is 1.22 bits per heavy atom. The van der Waals surface area contributed by atoms with Crippen LogP contribution in [0, 0.1) is 11.8 Å². The van der Waals surface area contributed by atoms with Crippen molar-refractivity contribution in [2.75, 3.05) is 0 Å². The Balaban J connectivity index is 1.07. The van der Waals surface area contributed by atoms with Crippen LogP contribution < -0.4 is 0 Å². The van der Waals surface area contributed by atoms with Gasteiger partial charge in [-0.1, -0.05) is 129 Å². The second-order valence-electron chi connectivity index (χ2n) is 13.7. The van der Waals surface area contributed by atoms with Gasteiger partial charge in [-0.2, -0.15) is 0 Å². The lowest BCUT2D eigenvalue weighted by atomic mass is 9.76. The van der Waals surface area contributed by atoms with Crippen LogP contribution in [0.2, 0.25) is 0 Å². The summed E-state index contributed by atoms with van der Waals surface area (Å²) < 4.78 is 12.8. The first-order chi connectivity index (χ1) is 24.1. The van der Waals surface area contributed by atoms with E-state index < -0.39 is 0 Å². The van der Waals surface area contributed by atoms with E-state index in [0.29, 0.717) is 17.8 Å². The topological polar surface area (TPSA) is 26.3 Å². The van der Waals surface area contributed by atoms with Crippen LogP contribution in [-0.4, -0.2) is 0 Å². The Bertz CT molecular complexity index is 2510. The first-order valence-corrected chi connectivity index (χ1v) is 17.5. The van der Waals surface area contributed by atoms with Crippen molar-refractivity contribution in [3.05, 3.63) is 174 Å². The number of hydrogen-bond donors (Lipinski definition) is 0. The Morgan fingerprint density at radius 3 is 1.96 bits per heavy atom. The number of allylic oxidation sites excluding steroid dienone is 10. The Morgan fingerprint density at radius 1 is 0.571 bits per heavy atom. The summed E-state index contributed by atoms with van der Waals surface area (Å²) in [6, 6.07) is 39.2. The standard InChI is InChI=1S/C47H38O2/c1-30-31(2)39(21-11-20-38(30)35-14-7-4-8-15-35)37-23-25-45-41(27-37)43-28-42-40-26-36(22-24-44(40)48-46(42)29-47(43)49-45)34-18-9-16-33(17-10-19-34)32-12-5-3-6-13-32/h3-9,11-16,18-31,38H,10,17H2,1-2H3/b18-9-,33-16-,34-19+/t30?,31?,38-/m0/s1. The molecular formula is C47H38O2. The van der Waals surface area contributed by atoms with E-state index in [4.69, 9.17) is 8.83 Å². The molecular weight excluding hydrogens is 597 g/mol. The van der Waals surface area contributed by atoms with Gasteiger partial charge in [0.05, 0.1) is 0 Å². The molecule has 0 saturated heterocycles. The smallest absolute Gasteiger partial charge is 0.139 e. The van der Waals surface area contributed by atoms with E-state index in [1.807, 2.05) is 0 Å². The van der Waals surface area contributed by atoms with Crippen LogP contribution in [0.15, 0.2) is 161 Å². The maximum atomic E-state index is 6.41. The summed E-state index contributed by atoms with van der Waals surface area (Å²) in [4.78, 5) is 0. The first-order valence-electron chi connectivity index (χ1n) is 17.5. The minimum Gasteiger partial charge on any atom is -0.456 e. The third kappa shape index (κ3) is 5.29. The van der Waals surface area contributed by atoms with Gasteiger partial charge in [0.2, 0.25) is 0 Å². The van der Waals surface area contributed by atoms with Gasteiger partial charge in [-0.25, -0.2) is 0 Å². The molecule has 0 N–H and O–H groups in total. The van der Waals surface area contributed by atoms with Gasteiger partial charge >= 0.3 is 0 Å². The molecule has 2 unspecified atom stereocenters. The zero-order chi connectivity index (χ0) is 32.9. The number of furan rings is 2. The molecule has 49 heavy (non-hydrogen) atoms. The van der Waals surface area contributed by atoms with Crippen LogP contribution in [0.4, 0.5) is 0 Å². The van der Waals surface area contributed by atoms with Crippen molar-refractivity contribution >= 4 is 60.6 Å². The predicted octanol–water partition coefficient (Wildman–Crippen LogP) is 13.3. The average Bonchev–Trinajstić information content (AvgIpc) is 3.62. The molecule has 2 aromatic heterocycles. The van der Waals surface area contributed by atoms with Crippen LogP contribution in [0.1, 0.15) is 54.9 Å². The van der Waals surface area contributed by atoms with E-state index in [0.717, 1.165) is 56.7 Å². The van der Waals surface area contributed by atoms with E-state index in [9.17, 15) is 0 Å². The third-order valence-corrected chi connectivity index (χ3v) is 10.8. The average molecular weight is 635 g/mol. The summed E-state index contributed by atoms with van der Waals surface area (Å²) in [5, 5.41) is 4.50. The van der Waals surface area contributed by atoms with Crippen molar-refractivity contribution in [3.63, 3.8) is 0 Å². The normalized spacial score (nSPS) is 22.7. The van der Waals surface area contributed by atoms with E-state index in [1.54, 1.807) is 0 Å². The highest BCUT2D eigenvalue weighted by Gasteiger charge is 2.27. The zero-order valence-electron chi connectivity index (χ0n) is 27.9. The fraction of sp³-hybridized carbons (Fsp3) is 0.149. The van der Waals surface area contributed by atoms with Crippen molar-refractivity contribution in [1.29, 1.82) is 0 Å². The third-order valence-electron chi connectivity index (χ3n) is 10.8. The lowest BCUT2D eigenvalue weighted by molar-refractivity contribution is 0.432. The quantitative estimate of drug-likeness (QED) is 0.193. The molecule has 0 fully saturated rings. The molecule has 2 heteroatoms. The van der Waals surface area contributed by atoms with Crippen LogP contribution >= 0.6 is 0 Å². The van der Waals surface area contributed by atoms with Crippen molar-refractivity contribution in [2.45, 2.75) is 32.6 Å². The maximum absolute atomic E-state index is 6.41. The summed E-state index contributed by atoms with van der Waals surface area (Å²) in [5.41, 5.74) is 12.6. The van der Waals surface area contributed by atoms with Crippen molar-refractivity contribution < 1.29 is 8.83 Å². The second-order valence-corrected chi connectivity index (χ2v) is 13.7. The molecule has 9 rings (SSSR count). The Hall–Kier alpha value is -5.60. The molecule has 2 heterocycles. The molecule has 2 nitrogen and oxygen atoms in total. The van der Waals surface area contributed by atoms with Gasteiger partial charge in [0.1, 0.15) is 22.3 Å². The van der Waals surface area contributed by atoms with Gasteiger partial charge in [0, 0.05) is 33.5 Å². The largest absolute Gasteiger partial charge is 0.456 e. The molecule has 3 atom stereocenters. The molecule has 238 valence electrons. The molecule has 0 radical (unpaired) electrons. The maximum Gasteiger partial charge on any atom is 0.139 e. The molecule has 5 aromatic carbocycles. The van der Waals surface area contributed by atoms with Gasteiger partial charge in [-0.3, -0.25) is 0 Å². The van der Waals surface area contributed by atoms with E-state index in [2.05, 4.69) is 166 Å². The predicted molar refractivity (Wildman–Crippen MR) is 206 cm³/mol. The van der Waals surface area contributed by atoms with Crippen molar-refractivity contribution in [1.82, 2.24) is 0 Å². The highest BCUT2D eigenvalue weighted by Crippen LogP contribution is 2.43. The second kappa shape index (κ2) is 12.1. The fourth-order valence-corrected chi connectivity index (χ4v) is 7.96. The molecule has 2 aliphatic carbocycles. The lowest BCUT2D eigenvalue weighted by Gasteiger charge is -2.28. The van der Waals surface area contributed by atoms with Crippen LogP contribution in [0.3, 0.4) is 0 Å². The molecule has 0 amide bonds.